The van der Waals surface area contributed by atoms with Crippen LogP contribution in [0.5, 0.6) is 5.75 Å². The van der Waals surface area contributed by atoms with Crippen LogP contribution in [-0.4, -0.2) is 30.5 Å². The molecule has 0 unspecified atom stereocenters. The first-order chi connectivity index (χ1) is 14.6. The number of benzene rings is 2. The number of carbonyl (C=O) groups excluding carboxylic acids is 2. The molecule has 1 saturated heterocycles. The Morgan fingerprint density at radius 3 is 2.77 bits per heavy atom. The summed E-state index contributed by atoms with van der Waals surface area (Å²) in [7, 11) is 1.61. The van der Waals surface area contributed by atoms with Gasteiger partial charge in [0.1, 0.15) is 5.75 Å². The van der Waals surface area contributed by atoms with Crippen molar-refractivity contribution in [3.63, 3.8) is 0 Å². The summed E-state index contributed by atoms with van der Waals surface area (Å²) in [4.78, 5) is 30.8. The molecule has 2 aliphatic rings. The molecule has 0 radical (unpaired) electrons. The van der Waals surface area contributed by atoms with E-state index in [4.69, 9.17) is 4.74 Å². The number of aromatic nitrogens is 1. The van der Waals surface area contributed by atoms with Crippen molar-refractivity contribution in [1.82, 2.24) is 10.3 Å². The van der Waals surface area contributed by atoms with Crippen molar-refractivity contribution in [3.05, 3.63) is 59.8 Å². The van der Waals surface area contributed by atoms with Gasteiger partial charge in [0.2, 0.25) is 11.8 Å². The molecular weight excluding hydrogens is 378 g/mol. The third kappa shape index (κ3) is 3.22. The van der Waals surface area contributed by atoms with Gasteiger partial charge in [-0.25, -0.2) is 0 Å². The Morgan fingerprint density at radius 2 is 1.97 bits per heavy atom. The number of carbonyl (C=O) groups is 2. The third-order valence-electron chi connectivity index (χ3n) is 6.31. The Morgan fingerprint density at radius 1 is 1.17 bits per heavy atom. The zero-order chi connectivity index (χ0) is 20.7. The fourth-order valence-corrected chi connectivity index (χ4v) is 4.74. The van der Waals surface area contributed by atoms with Crippen LogP contribution in [0.2, 0.25) is 0 Å². The Bertz CT molecular complexity index is 1100. The molecule has 2 aromatic carbocycles. The summed E-state index contributed by atoms with van der Waals surface area (Å²) in [5.74, 6) is 0.339. The fourth-order valence-electron chi connectivity index (χ4n) is 4.74. The van der Waals surface area contributed by atoms with Crippen LogP contribution in [0.25, 0.3) is 10.9 Å². The van der Waals surface area contributed by atoms with Crippen molar-refractivity contribution in [2.24, 2.45) is 5.92 Å². The van der Waals surface area contributed by atoms with Crippen LogP contribution in [0.15, 0.2) is 48.5 Å². The SMILES string of the molecule is COc1ccc(N2C[C@H](C(=O)N[C@H]3CCCc4c3[nH]c3ccccc43)CC2=O)cc1. The van der Waals surface area contributed by atoms with Crippen molar-refractivity contribution >= 4 is 28.4 Å². The number of methoxy groups -OCH3 is 1. The van der Waals surface area contributed by atoms with E-state index < -0.39 is 0 Å². The smallest absolute Gasteiger partial charge is 0.227 e. The molecule has 0 bridgehead atoms. The van der Waals surface area contributed by atoms with Crippen LogP contribution in [0.3, 0.4) is 0 Å². The standard InChI is InChI=1S/C24H25N3O3/c1-30-17-11-9-16(10-12-17)27-14-15(13-22(27)28)24(29)26-21-8-4-6-19-18-5-2-3-7-20(18)25-23(19)21/h2-3,5,7,9-12,15,21,25H,4,6,8,13-14H2,1H3,(H,26,29)/t15-,21+/m1/s1. The van der Waals surface area contributed by atoms with E-state index in [0.29, 0.717) is 6.54 Å². The highest BCUT2D eigenvalue weighted by Gasteiger charge is 2.36. The number of amides is 2. The normalized spacial score (nSPS) is 21.0. The van der Waals surface area contributed by atoms with Crippen LogP contribution in [0, 0.1) is 5.92 Å². The second-order valence-electron chi connectivity index (χ2n) is 8.12. The van der Waals surface area contributed by atoms with Gasteiger partial charge >= 0.3 is 0 Å². The van der Waals surface area contributed by atoms with E-state index in [1.807, 2.05) is 30.3 Å². The lowest BCUT2D eigenvalue weighted by Gasteiger charge is -2.25. The molecule has 2 N–H and O–H groups in total. The molecule has 0 spiro atoms. The number of para-hydroxylation sites is 1. The summed E-state index contributed by atoms with van der Waals surface area (Å²) in [6.07, 6.45) is 3.22. The van der Waals surface area contributed by atoms with E-state index in [2.05, 4.69) is 28.5 Å². The van der Waals surface area contributed by atoms with Gasteiger partial charge < -0.3 is 19.9 Å². The lowest BCUT2D eigenvalue weighted by Crippen LogP contribution is -2.37. The number of anilines is 1. The number of nitrogens with zero attached hydrogens (tertiary/aromatic N) is 1. The van der Waals surface area contributed by atoms with Gasteiger partial charge in [0.15, 0.2) is 0 Å². The van der Waals surface area contributed by atoms with Gasteiger partial charge in [0, 0.05) is 35.2 Å². The zero-order valence-electron chi connectivity index (χ0n) is 17.0. The van der Waals surface area contributed by atoms with E-state index >= 15 is 0 Å². The Kier molecular flexibility index (Phi) is 4.69. The first-order valence-electron chi connectivity index (χ1n) is 10.5. The summed E-state index contributed by atoms with van der Waals surface area (Å²) in [6.45, 7) is 0.406. The topological polar surface area (TPSA) is 74.4 Å². The maximum Gasteiger partial charge on any atom is 0.227 e. The third-order valence-corrected chi connectivity index (χ3v) is 6.31. The van der Waals surface area contributed by atoms with Gasteiger partial charge in [-0.3, -0.25) is 9.59 Å². The second-order valence-corrected chi connectivity index (χ2v) is 8.12. The quantitative estimate of drug-likeness (QED) is 0.697. The molecule has 2 amide bonds. The number of aryl methyl sites for hydroxylation is 1. The number of aromatic amines is 1. The molecular formula is C24H25N3O3. The summed E-state index contributed by atoms with van der Waals surface area (Å²) < 4.78 is 5.18. The number of rotatable bonds is 4. The number of hydrogen-bond acceptors (Lipinski definition) is 3. The average Bonchev–Trinajstić information content (AvgIpc) is 3.35. The predicted molar refractivity (Wildman–Crippen MR) is 116 cm³/mol. The van der Waals surface area contributed by atoms with Crippen LogP contribution in [0.4, 0.5) is 5.69 Å². The zero-order valence-corrected chi connectivity index (χ0v) is 17.0. The fraction of sp³-hybridized carbons (Fsp3) is 0.333. The van der Waals surface area contributed by atoms with Crippen molar-refractivity contribution < 1.29 is 14.3 Å². The highest BCUT2D eigenvalue weighted by atomic mass is 16.5. The summed E-state index contributed by atoms with van der Waals surface area (Å²) in [5.41, 5.74) is 4.34. The first kappa shape index (κ1) is 18.7. The van der Waals surface area contributed by atoms with Gasteiger partial charge in [0.25, 0.3) is 0 Å². The molecule has 1 aliphatic carbocycles. The van der Waals surface area contributed by atoms with Crippen LogP contribution < -0.4 is 15.0 Å². The monoisotopic (exact) mass is 403 g/mol. The van der Waals surface area contributed by atoms with E-state index in [9.17, 15) is 9.59 Å². The van der Waals surface area contributed by atoms with E-state index in [1.165, 1.54) is 10.9 Å². The van der Waals surface area contributed by atoms with E-state index in [0.717, 1.165) is 41.9 Å². The van der Waals surface area contributed by atoms with Gasteiger partial charge in [-0.15, -0.1) is 0 Å². The molecule has 3 aromatic rings. The van der Waals surface area contributed by atoms with Crippen LogP contribution >= 0.6 is 0 Å². The molecule has 30 heavy (non-hydrogen) atoms. The van der Waals surface area contributed by atoms with E-state index in [-0.39, 0.29) is 30.2 Å². The van der Waals surface area contributed by atoms with Crippen molar-refractivity contribution in [2.75, 3.05) is 18.6 Å². The molecule has 1 fully saturated rings. The Balaban J connectivity index is 1.31. The van der Waals surface area contributed by atoms with E-state index in [1.54, 1.807) is 12.0 Å². The maximum atomic E-state index is 13.0. The van der Waals surface area contributed by atoms with Gasteiger partial charge in [-0.05, 0) is 55.2 Å². The minimum absolute atomic E-state index is 0.0183. The minimum atomic E-state index is -0.339. The Labute approximate surface area is 175 Å². The average molecular weight is 403 g/mol. The van der Waals surface area contributed by atoms with Crippen LogP contribution in [0.1, 0.15) is 36.6 Å². The lowest BCUT2D eigenvalue weighted by atomic mass is 9.91. The van der Waals surface area contributed by atoms with Gasteiger partial charge in [-0.2, -0.15) is 0 Å². The van der Waals surface area contributed by atoms with Gasteiger partial charge in [0.05, 0.1) is 19.1 Å². The number of nitrogens with one attached hydrogen (secondary N) is 2. The molecule has 2 atom stereocenters. The highest BCUT2D eigenvalue weighted by molar-refractivity contribution is 6.00. The molecule has 1 aliphatic heterocycles. The molecule has 1 aromatic heterocycles. The lowest BCUT2D eigenvalue weighted by molar-refractivity contribution is -0.127. The van der Waals surface area contributed by atoms with Crippen molar-refractivity contribution in [2.45, 2.75) is 31.7 Å². The summed E-state index contributed by atoms with van der Waals surface area (Å²) in [6, 6.07) is 15.6. The highest BCUT2D eigenvalue weighted by Crippen LogP contribution is 2.35. The second kappa shape index (κ2) is 7.52. The minimum Gasteiger partial charge on any atom is -0.497 e. The Hall–Kier alpha value is -3.28. The molecule has 5 rings (SSSR count). The molecule has 2 heterocycles. The molecule has 154 valence electrons. The largest absolute Gasteiger partial charge is 0.497 e. The predicted octanol–water partition coefficient (Wildman–Crippen LogP) is 3.72. The van der Waals surface area contributed by atoms with Crippen molar-refractivity contribution in [3.8, 4) is 5.75 Å². The molecule has 0 saturated carbocycles. The molecule has 6 heteroatoms. The summed E-state index contributed by atoms with van der Waals surface area (Å²) >= 11 is 0. The number of ether oxygens (including phenoxy) is 1. The first-order valence-corrected chi connectivity index (χ1v) is 10.5. The number of fused-ring (bicyclic) bond motifs is 3. The number of hydrogen-bond donors (Lipinski definition) is 2. The van der Waals surface area contributed by atoms with Gasteiger partial charge in [-0.1, -0.05) is 18.2 Å². The number of H-pyrrole nitrogens is 1. The van der Waals surface area contributed by atoms with Crippen LogP contribution in [-0.2, 0) is 16.0 Å². The molecule has 6 nitrogen and oxygen atoms in total. The van der Waals surface area contributed by atoms with Crippen molar-refractivity contribution in [1.29, 1.82) is 0 Å². The maximum absolute atomic E-state index is 13.0. The summed E-state index contributed by atoms with van der Waals surface area (Å²) in [5, 5.41) is 4.46.